The molecule has 156 valence electrons. The molecule has 2 aromatic carbocycles. The molecule has 0 saturated carbocycles. The van der Waals surface area contributed by atoms with E-state index in [-0.39, 0.29) is 30.3 Å². The summed E-state index contributed by atoms with van der Waals surface area (Å²) < 4.78 is 2.22. The van der Waals surface area contributed by atoms with Crippen molar-refractivity contribution in [2.24, 2.45) is 0 Å². The average Bonchev–Trinajstić information content (AvgIpc) is 2.74. The highest BCUT2D eigenvalue weighted by atomic mass is 79.9. The lowest BCUT2D eigenvalue weighted by Crippen LogP contribution is -2.30. The van der Waals surface area contributed by atoms with Crippen molar-refractivity contribution in [1.29, 1.82) is 0 Å². The summed E-state index contributed by atoms with van der Waals surface area (Å²) in [4.78, 5) is 43.5. The fraction of sp³-hybridized carbons (Fsp3) is 0.273. The number of aromatic nitrogens is 2. The summed E-state index contributed by atoms with van der Waals surface area (Å²) in [6.45, 7) is 5.30. The maximum atomic E-state index is 12.6. The van der Waals surface area contributed by atoms with E-state index in [0.717, 1.165) is 4.47 Å². The molecule has 0 radical (unpaired) electrons. The number of amides is 2. The third-order valence-electron chi connectivity index (χ3n) is 4.81. The van der Waals surface area contributed by atoms with Crippen LogP contribution in [0.25, 0.3) is 10.9 Å². The van der Waals surface area contributed by atoms with Gasteiger partial charge < -0.3 is 10.2 Å². The molecule has 0 atom stereocenters. The Hall–Kier alpha value is -3.00. The molecule has 7 nitrogen and oxygen atoms in total. The molecule has 0 spiro atoms. The second-order valence-corrected chi connectivity index (χ2v) is 7.68. The van der Waals surface area contributed by atoms with Crippen molar-refractivity contribution in [3.8, 4) is 0 Å². The predicted molar refractivity (Wildman–Crippen MR) is 121 cm³/mol. The molecular weight excluding hydrogens is 448 g/mol. The number of rotatable bonds is 7. The molecule has 2 amide bonds. The van der Waals surface area contributed by atoms with Gasteiger partial charge in [0.15, 0.2) is 0 Å². The van der Waals surface area contributed by atoms with Gasteiger partial charge in [-0.2, -0.15) is 0 Å². The molecule has 3 aromatic rings. The van der Waals surface area contributed by atoms with Gasteiger partial charge in [-0.25, -0.2) is 4.98 Å². The van der Waals surface area contributed by atoms with Gasteiger partial charge in [0, 0.05) is 41.8 Å². The molecule has 0 aliphatic carbocycles. The Morgan fingerprint density at radius 3 is 2.63 bits per heavy atom. The van der Waals surface area contributed by atoms with Crippen LogP contribution < -0.4 is 10.9 Å². The summed E-state index contributed by atoms with van der Waals surface area (Å²) in [6, 6.07) is 12.2. The Morgan fingerprint density at radius 2 is 1.90 bits per heavy atom. The fourth-order valence-electron chi connectivity index (χ4n) is 3.16. The summed E-state index contributed by atoms with van der Waals surface area (Å²) in [5, 5.41) is 3.29. The summed E-state index contributed by atoms with van der Waals surface area (Å²) in [6.07, 6.45) is 1.56. The number of nitrogens with zero attached hydrogens (tertiary/aromatic N) is 3. The number of carbonyl (C=O) groups is 2. The molecule has 1 heterocycles. The van der Waals surface area contributed by atoms with Crippen molar-refractivity contribution in [2.45, 2.75) is 26.8 Å². The van der Waals surface area contributed by atoms with Crippen LogP contribution in [0.5, 0.6) is 0 Å². The Kier molecular flexibility index (Phi) is 6.99. The molecule has 1 aromatic heterocycles. The van der Waals surface area contributed by atoms with Crippen molar-refractivity contribution in [3.63, 3.8) is 0 Å². The highest BCUT2D eigenvalue weighted by Gasteiger charge is 2.13. The van der Waals surface area contributed by atoms with Crippen LogP contribution in [0.3, 0.4) is 0 Å². The maximum absolute atomic E-state index is 12.6. The molecule has 3 rings (SSSR count). The lowest BCUT2D eigenvalue weighted by molar-refractivity contribution is -0.116. The first-order valence-electron chi connectivity index (χ1n) is 9.76. The molecule has 0 aliphatic rings. The molecule has 0 saturated heterocycles. The van der Waals surface area contributed by atoms with Crippen LogP contribution in [0.4, 0.5) is 5.69 Å². The lowest BCUT2D eigenvalue weighted by atomic mass is 10.1. The first-order valence-corrected chi connectivity index (χ1v) is 10.6. The highest BCUT2D eigenvalue weighted by Crippen LogP contribution is 2.15. The minimum Gasteiger partial charge on any atom is -0.339 e. The fourth-order valence-corrected chi connectivity index (χ4v) is 3.52. The van der Waals surface area contributed by atoms with Crippen LogP contribution in [-0.4, -0.2) is 39.4 Å². The molecule has 0 bridgehead atoms. The van der Waals surface area contributed by atoms with Gasteiger partial charge in [0.1, 0.15) is 0 Å². The SMILES string of the molecule is CCN(CC)C(=O)c1cccc(NC(=O)CCn2cnc3ccc(Br)cc3c2=O)c1. The number of benzene rings is 2. The van der Waals surface area contributed by atoms with Gasteiger partial charge in [0.25, 0.3) is 11.5 Å². The molecule has 0 fully saturated rings. The molecule has 8 heteroatoms. The molecule has 30 heavy (non-hydrogen) atoms. The number of hydrogen-bond acceptors (Lipinski definition) is 4. The van der Waals surface area contributed by atoms with Gasteiger partial charge in [-0.1, -0.05) is 22.0 Å². The Bertz CT molecular complexity index is 1140. The van der Waals surface area contributed by atoms with Gasteiger partial charge in [-0.05, 0) is 50.2 Å². The average molecular weight is 471 g/mol. The van der Waals surface area contributed by atoms with E-state index in [4.69, 9.17) is 0 Å². The third kappa shape index (κ3) is 4.94. The first-order chi connectivity index (χ1) is 14.4. The van der Waals surface area contributed by atoms with Gasteiger partial charge in [0.2, 0.25) is 5.91 Å². The maximum Gasteiger partial charge on any atom is 0.261 e. The van der Waals surface area contributed by atoms with E-state index in [1.807, 2.05) is 19.9 Å². The summed E-state index contributed by atoms with van der Waals surface area (Å²) in [7, 11) is 0. The zero-order chi connectivity index (χ0) is 21.7. The van der Waals surface area contributed by atoms with Crippen molar-refractivity contribution >= 4 is 44.3 Å². The topological polar surface area (TPSA) is 84.3 Å². The zero-order valence-corrected chi connectivity index (χ0v) is 18.5. The number of carbonyl (C=O) groups excluding carboxylic acids is 2. The Morgan fingerprint density at radius 1 is 1.13 bits per heavy atom. The van der Waals surface area contributed by atoms with E-state index in [1.54, 1.807) is 41.3 Å². The molecule has 0 unspecified atom stereocenters. The van der Waals surface area contributed by atoms with Gasteiger partial charge in [-0.3, -0.25) is 19.0 Å². The minimum atomic E-state index is -0.247. The van der Waals surface area contributed by atoms with Crippen LogP contribution in [-0.2, 0) is 11.3 Å². The molecular formula is C22H23BrN4O3. The highest BCUT2D eigenvalue weighted by molar-refractivity contribution is 9.10. The van der Waals surface area contributed by atoms with Crippen molar-refractivity contribution in [1.82, 2.24) is 14.5 Å². The van der Waals surface area contributed by atoms with Crippen molar-refractivity contribution in [3.05, 3.63) is 69.2 Å². The van der Waals surface area contributed by atoms with Crippen molar-refractivity contribution in [2.75, 3.05) is 18.4 Å². The second-order valence-electron chi connectivity index (χ2n) is 6.76. The normalized spacial score (nSPS) is 10.8. The van der Waals surface area contributed by atoms with Crippen LogP contribution in [0.1, 0.15) is 30.6 Å². The predicted octanol–water partition coefficient (Wildman–Crippen LogP) is 3.67. The zero-order valence-electron chi connectivity index (χ0n) is 16.9. The van der Waals surface area contributed by atoms with E-state index in [1.165, 1.54) is 10.9 Å². The largest absolute Gasteiger partial charge is 0.339 e. The van der Waals surface area contributed by atoms with Crippen LogP contribution in [0.15, 0.2) is 58.1 Å². The summed E-state index contributed by atoms with van der Waals surface area (Å²) in [5.74, 6) is -0.320. The number of anilines is 1. The number of halogens is 1. The van der Waals surface area contributed by atoms with E-state index in [9.17, 15) is 14.4 Å². The molecule has 1 N–H and O–H groups in total. The number of nitrogens with one attached hydrogen (secondary N) is 1. The van der Waals surface area contributed by atoms with Crippen LogP contribution in [0.2, 0.25) is 0 Å². The monoisotopic (exact) mass is 470 g/mol. The van der Waals surface area contributed by atoms with E-state index in [0.29, 0.717) is 35.2 Å². The summed E-state index contributed by atoms with van der Waals surface area (Å²) >= 11 is 3.36. The first kappa shape index (κ1) is 21.7. The summed E-state index contributed by atoms with van der Waals surface area (Å²) in [5.41, 5.74) is 1.49. The number of hydrogen-bond donors (Lipinski definition) is 1. The second kappa shape index (κ2) is 9.67. The van der Waals surface area contributed by atoms with Gasteiger partial charge in [0.05, 0.1) is 17.2 Å². The number of fused-ring (bicyclic) bond motifs is 1. The Balaban J connectivity index is 1.67. The Labute approximate surface area is 182 Å². The number of aryl methyl sites for hydroxylation is 1. The third-order valence-corrected chi connectivity index (χ3v) is 5.30. The van der Waals surface area contributed by atoms with Crippen LogP contribution >= 0.6 is 15.9 Å². The lowest BCUT2D eigenvalue weighted by Gasteiger charge is -2.19. The van der Waals surface area contributed by atoms with E-state index < -0.39 is 0 Å². The van der Waals surface area contributed by atoms with E-state index in [2.05, 4.69) is 26.2 Å². The van der Waals surface area contributed by atoms with Gasteiger partial charge in [-0.15, -0.1) is 0 Å². The van der Waals surface area contributed by atoms with Crippen molar-refractivity contribution < 1.29 is 9.59 Å². The minimum absolute atomic E-state index is 0.0731. The van der Waals surface area contributed by atoms with Crippen LogP contribution in [0, 0.1) is 0 Å². The molecule has 0 aliphatic heterocycles. The standard InChI is InChI=1S/C22H23BrN4O3/c1-3-26(4-2)21(29)15-6-5-7-17(12-15)25-20(28)10-11-27-14-24-19-9-8-16(23)13-18(19)22(27)30/h5-9,12-14H,3-4,10-11H2,1-2H3,(H,25,28). The smallest absolute Gasteiger partial charge is 0.261 e. The quantitative estimate of drug-likeness (QED) is 0.570. The van der Waals surface area contributed by atoms with Gasteiger partial charge >= 0.3 is 0 Å². The van der Waals surface area contributed by atoms with E-state index >= 15 is 0 Å².